The van der Waals surface area contributed by atoms with E-state index < -0.39 is 11.6 Å². The number of hydrogen-bond acceptors (Lipinski definition) is 7. The molecule has 0 bridgehead atoms. The molecule has 0 unspecified atom stereocenters. The average Bonchev–Trinajstić information content (AvgIpc) is 2.69. The summed E-state index contributed by atoms with van der Waals surface area (Å²) in [6.07, 6.45) is 0. The number of carbonyl (C=O) groups is 2. The molecule has 2 aromatic carbocycles. The Morgan fingerprint density at radius 2 is 1.86 bits per heavy atom. The average molecular weight is 396 g/mol. The van der Waals surface area contributed by atoms with Crippen molar-refractivity contribution in [3.63, 3.8) is 0 Å². The Morgan fingerprint density at radius 1 is 1.07 bits per heavy atom. The van der Waals surface area contributed by atoms with Crippen LogP contribution in [0.3, 0.4) is 0 Å². The summed E-state index contributed by atoms with van der Waals surface area (Å²) in [5.74, 6) is 0.204. The molecular weight excluding hydrogens is 376 g/mol. The Labute approximate surface area is 166 Å². The quantitative estimate of drug-likeness (QED) is 0.343. The van der Waals surface area contributed by atoms with Gasteiger partial charge in [-0.15, -0.1) is 0 Å². The maximum absolute atomic E-state index is 12.1. The number of carbonyl (C=O) groups excluding carboxylic acids is 2. The molecule has 0 fully saturated rings. The summed E-state index contributed by atoms with van der Waals surface area (Å²) in [6, 6.07) is 11.3. The van der Waals surface area contributed by atoms with Gasteiger partial charge in [-0.05, 0) is 49.7 Å². The van der Waals surface area contributed by atoms with Gasteiger partial charge in [-0.3, -0.25) is 4.79 Å². The smallest absolute Gasteiger partial charge is 0.344 e. The number of benzene rings is 2. The van der Waals surface area contributed by atoms with E-state index in [4.69, 9.17) is 18.6 Å². The van der Waals surface area contributed by atoms with E-state index in [1.165, 1.54) is 20.1 Å². The van der Waals surface area contributed by atoms with Crippen molar-refractivity contribution in [2.45, 2.75) is 20.5 Å². The summed E-state index contributed by atoms with van der Waals surface area (Å²) in [4.78, 5) is 35.1. The molecule has 3 aromatic rings. The van der Waals surface area contributed by atoms with Gasteiger partial charge in [0.25, 0.3) is 0 Å². The van der Waals surface area contributed by atoms with Crippen LogP contribution in [0, 0.1) is 6.92 Å². The third-order valence-corrected chi connectivity index (χ3v) is 4.36. The lowest BCUT2D eigenvalue weighted by Gasteiger charge is -2.11. The number of ketones is 1. The number of ether oxygens (including phenoxy) is 3. The summed E-state index contributed by atoms with van der Waals surface area (Å²) in [5, 5.41) is 0.789. The highest BCUT2D eigenvalue weighted by Gasteiger charge is 2.11. The number of hydrogen-bond donors (Lipinski definition) is 0. The maximum Gasteiger partial charge on any atom is 0.344 e. The molecule has 29 heavy (non-hydrogen) atoms. The lowest BCUT2D eigenvalue weighted by Crippen LogP contribution is -2.15. The molecule has 0 atom stereocenters. The number of aryl methyl sites for hydroxylation is 1. The first-order chi connectivity index (χ1) is 13.9. The van der Waals surface area contributed by atoms with Crippen LogP contribution in [0.4, 0.5) is 0 Å². The minimum Gasteiger partial charge on any atom is -0.496 e. The zero-order valence-electron chi connectivity index (χ0n) is 16.3. The fourth-order valence-electron chi connectivity index (χ4n) is 2.85. The van der Waals surface area contributed by atoms with Crippen molar-refractivity contribution in [3.05, 3.63) is 69.6 Å². The van der Waals surface area contributed by atoms with Crippen LogP contribution in [0.5, 0.6) is 11.5 Å². The van der Waals surface area contributed by atoms with Crippen molar-refractivity contribution in [1.82, 2.24) is 0 Å². The van der Waals surface area contributed by atoms with E-state index in [0.717, 1.165) is 10.9 Å². The first kappa shape index (κ1) is 20.1. The molecule has 0 aliphatic heterocycles. The second-order valence-electron chi connectivity index (χ2n) is 6.44. The lowest BCUT2D eigenvalue weighted by atomic mass is 10.1. The molecule has 0 aliphatic carbocycles. The molecule has 3 rings (SSSR count). The fraction of sp³-hybridized carbons (Fsp3) is 0.227. The molecule has 0 radical (unpaired) electrons. The van der Waals surface area contributed by atoms with Crippen LogP contribution < -0.4 is 15.1 Å². The van der Waals surface area contributed by atoms with Gasteiger partial charge in [-0.1, -0.05) is 0 Å². The van der Waals surface area contributed by atoms with E-state index in [1.807, 2.05) is 6.92 Å². The van der Waals surface area contributed by atoms with Crippen molar-refractivity contribution in [3.8, 4) is 11.5 Å². The van der Waals surface area contributed by atoms with E-state index >= 15 is 0 Å². The van der Waals surface area contributed by atoms with Crippen molar-refractivity contribution in [2.24, 2.45) is 0 Å². The Balaban J connectivity index is 1.63. The minimum absolute atomic E-state index is 0.0573. The molecule has 0 saturated heterocycles. The number of esters is 1. The lowest BCUT2D eigenvalue weighted by molar-refractivity contribution is -0.147. The van der Waals surface area contributed by atoms with Crippen LogP contribution in [-0.2, 0) is 16.1 Å². The van der Waals surface area contributed by atoms with E-state index in [0.29, 0.717) is 28.2 Å². The predicted octanol–water partition coefficient (Wildman–Crippen LogP) is 3.43. The number of rotatable bonds is 7. The van der Waals surface area contributed by atoms with Gasteiger partial charge >= 0.3 is 11.6 Å². The van der Waals surface area contributed by atoms with Crippen LogP contribution in [0.25, 0.3) is 11.0 Å². The van der Waals surface area contributed by atoms with Gasteiger partial charge < -0.3 is 18.6 Å². The standard InChI is InChI=1S/C22H20O7/c1-13-8-21(24)29-20-10-17(5-6-18(13)20)27-12-22(25)28-11-16-9-15(14(2)23)4-7-19(16)26-3/h4-10H,11-12H2,1-3H3. The summed E-state index contributed by atoms with van der Waals surface area (Å²) >= 11 is 0. The molecule has 0 saturated carbocycles. The summed E-state index contributed by atoms with van der Waals surface area (Å²) < 4.78 is 21.1. The molecule has 1 heterocycles. The molecule has 0 aliphatic rings. The minimum atomic E-state index is -0.592. The van der Waals surface area contributed by atoms with Gasteiger partial charge in [0.2, 0.25) is 0 Å². The summed E-state index contributed by atoms with van der Waals surface area (Å²) in [7, 11) is 1.50. The molecule has 7 heteroatoms. The second-order valence-corrected chi connectivity index (χ2v) is 6.44. The Kier molecular flexibility index (Phi) is 5.97. The predicted molar refractivity (Wildman–Crippen MR) is 106 cm³/mol. The third-order valence-electron chi connectivity index (χ3n) is 4.36. The zero-order chi connectivity index (χ0) is 21.0. The largest absolute Gasteiger partial charge is 0.496 e. The van der Waals surface area contributed by atoms with E-state index in [-0.39, 0.29) is 19.0 Å². The van der Waals surface area contributed by atoms with Crippen LogP contribution in [0.2, 0.25) is 0 Å². The highest BCUT2D eigenvalue weighted by molar-refractivity contribution is 5.94. The first-order valence-corrected chi connectivity index (χ1v) is 8.88. The van der Waals surface area contributed by atoms with Gasteiger partial charge in [0.05, 0.1) is 7.11 Å². The highest BCUT2D eigenvalue weighted by atomic mass is 16.6. The van der Waals surface area contributed by atoms with Crippen molar-refractivity contribution < 1.29 is 28.2 Å². The SMILES string of the molecule is COc1ccc(C(C)=O)cc1COC(=O)COc1ccc2c(C)cc(=O)oc2c1. The van der Waals surface area contributed by atoms with Gasteiger partial charge in [-0.25, -0.2) is 9.59 Å². The molecule has 1 aromatic heterocycles. The normalized spacial score (nSPS) is 10.6. The molecule has 0 N–H and O–H groups in total. The third kappa shape index (κ3) is 4.82. The number of fused-ring (bicyclic) bond motifs is 1. The van der Waals surface area contributed by atoms with Crippen LogP contribution in [-0.4, -0.2) is 25.5 Å². The topological polar surface area (TPSA) is 92.0 Å². The number of methoxy groups -OCH3 is 1. The van der Waals surface area contributed by atoms with Crippen LogP contribution in [0.15, 0.2) is 51.7 Å². The van der Waals surface area contributed by atoms with Crippen LogP contribution >= 0.6 is 0 Å². The summed E-state index contributed by atoms with van der Waals surface area (Å²) in [5.41, 5.74) is 1.81. The molecule has 0 amide bonds. The monoisotopic (exact) mass is 396 g/mol. The fourth-order valence-corrected chi connectivity index (χ4v) is 2.85. The van der Waals surface area contributed by atoms with Crippen molar-refractivity contribution in [1.29, 1.82) is 0 Å². The molecule has 0 spiro atoms. The van der Waals surface area contributed by atoms with Crippen molar-refractivity contribution in [2.75, 3.05) is 13.7 Å². The Morgan fingerprint density at radius 3 is 2.59 bits per heavy atom. The summed E-state index contributed by atoms with van der Waals surface area (Å²) in [6.45, 7) is 2.89. The van der Waals surface area contributed by atoms with Crippen molar-refractivity contribution >= 4 is 22.7 Å². The Hall–Kier alpha value is -3.61. The Bertz CT molecular complexity index is 1130. The van der Waals surface area contributed by atoms with Gasteiger partial charge in [0.15, 0.2) is 12.4 Å². The molecular formula is C22H20O7. The van der Waals surface area contributed by atoms with Gasteiger partial charge in [0.1, 0.15) is 23.7 Å². The molecule has 150 valence electrons. The highest BCUT2D eigenvalue weighted by Crippen LogP contribution is 2.23. The van der Waals surface area contributed by atoms with Crippen LogP contribution in [0.1, 0.15) is 28.4 Å². The zero-order valence-corrected chi connectivity index (χ0v) is 16.3. The number of Topliss-reactive ketones (excluding diaryl/α,β-unsaturated/α-hetero) is 1. The second kappa shape index (κ2) is 8.60. The van der Waals surface area contributed by atoms with Gasteiger partial charge in [0, 0.05) is 28.6 Å². The van der Waals surface area contributed by atoms with E-state index in [9.17, 15) is 14.4 Å². The maximum atomic E-state index is 12.1. The van der Waals surface area contributed by atoms with E-state index in [2.05, 4.69) is 0 Å². The van der Waals surface area contributed by atoms with Gasteiger partial charge in [-0.2, -0.15) is 0 Å². The van der Waals surface area contributed by atoms with E-state index in [1.54, 1.807) is 36.4 Å². The first-order valence-electron chi connectivity index (χ1n) is 8.88. The molecule has 7 nitrogen and oxygen atoms in total.